The summed E-state index contributed by atoms with van der Waals surface area (Å²) in [6.45, 7) is -1.29. The van der Waals surface area contributed by atoms with Crippen LogP contribution in [0.5, 0.6) is 11.5 Å². The Hall–Kier alpha value is -2.55. The van der Waals surface area contributed by atoms with Crippen LogP contribution in [0.15, 0.2) is 12.1 Å². The normalized spacial score (nSPS) is 17.1. The molecule has 1 unspecified atom stereocenters. The van der Waals surface area contributed by atoms with Crippen LogP contribution < -0.4 is 10.5 Å². The van der Waals surface area contributed by atoms with Crippen molar-refractivity contribution in [2.45, 2.75) is 30.6 Å². The molecule has 1 aliphatic rings. The first-order valence-corrected chi connectivity index (χ1v) is 8.68. The van der Waals surface area contributed by atoms with Gasteiger partial charge in [-0.3, -0.25) is 4.90 Å². The van der Waals surface area contributed by atoms with Crippen LogP contribution in [0.1, 0.15) is 15.9 Å². The van der Waals surface area contributed by atoms with E-state index in [0.29, 0.717) is 0 Å². The zero-order valence-electron chi connectivity index (χ0n) is 15.5. The van der Waals surface area contributed by atoms with Gasteiger partial charge in [0.15, 0.2) is 0 Å². The molecule has 10 nitrogen and oxygen atoms in total. The monoisotopic (exact) mass is 436 g/mol. The lowest BCUT2D eigenvalue weighted by molar-refractivity contribution is -0.208. The summed E-state index contributed by atoms with van der Waals surface area (Å²) in [6.07, 6.45) is -6.09. The number of hydrogen-bond donors (Lipinski definition) is 6. The molecule has 0 amide bonds. The first-order valence-electron chi connectivity index (χ1n) is 8.68. The van der Waals surface area contributed by atoms with Crippen LogP contribution >= 0.6 is 0 Å². The van der Waals surface area contributed by atoms with Crippen LogP contribution in [0.25, 0.3) is 0 Å². The second-order valence-electron chi connectivity index (χ2n) is 6.98. The summed E-state index contributed by atoms with van der Waals surface area (Å²) in [4.78, 5) is 23.6. The summed E-state index contributed by atoms with van der Waals surface area (Å²) in [5.41, 5.74) is 1.13. The first-order chi connectivity index (χ1) is 13.8. The van der Waals surface area contributed by atoms with E-state index in [9.17, 15) is 33.0 Å². The predicted octanol–water partition coefficient (Wildman–Crippen LogP) is -0.487. The molecular weight excluding hydrogens is 416 g/mol. The van der Waals surface area contributed by atoms with Gasteiger partial charge in [-0.15, -0.1) is 0 Å². The predicted molar refractivity (Wildman–Crippen MR) is 95.2 cm³/mol. The largest absolute Gasteiger partial charge is 0.507 e. The zero-order chi connectivity index (χ0) is 22.9. The Balaban J connectivity index is 2.07. The number of carbonyl (C=O) groups is 2. The van der Waals surface area contributed by atoms with Crippen molar-refractivity contribution in [1.82, 2.24) is 4.90 Å². The van der Waals surface area contributed by atoms with Gasteiger partial charge in [0.25, 0.3) is 0 Å². The number of aromatic hydroxyl groups is 1. The van der Waals surface area contributed by atoms with E-state index in [4.69, 9.17) is 25.6 Å². The number of phenols is 1. The third-order valence-corrected chi connectivity index (χ3v) is 4.69. The fraction of sp³-hybridized carbons (Fsp3) is 0.500. The maximum Gasteiger partial charge on any atom is 0.451 e. The number of halogens is 3. The molecule has 166 valence electrons. The number of ether oxygens (including phenoxy) is 1. The SMILES string of the molecule is NC(CN1CC(Oc2ccc(CCB(O)O)c(O)c2C(=O)O)C1)(C(=O)O)C(F)(F)F. The van der Waals surface area contributed by atoms with E-state index in [1.165, 1.54) is 12.1 Å². The molecule has 1 aromatic carbocycles. The lowest BCUT2D eigenvalue weighted by atomic mass is 9.82. The van der Waals surface area contributed by atoms with Gasteiger partial charge in [-0.05, 0) is 24.4 Å². The Morgan fingerprint density at radius 2 is 1.83 bits per heavy atom. The van der Waals surface area contributed by atoms with Gasteiger partial charge in [-0.1, -0.05) is 6.07 Å². The number of benzene rings is 1. The molecule has 1 aliphatic heterocycles. The number of nitrogens with two attached hydrogens (primary N) is 1. The molecule has 0 aliphatic carbocycles. The Kier molecular flexibility index (Phi) is 6.86. The van der Waals surface area contributed by atoms with E-state index in [1.54, 1.807) is 0 Å². The fourth-order valence-corrected chi connectivity index (χ4v) is 2.94. The lowest BCUT2D eigenvalue weighted by Gasteiger charge is -2.42. The number of rotatable bonds is 9. The number of hydrogen-bond acceptors (Lipinski definition) is 8. The number of aryl methyl sites for hydroxylation is 1. The van der Waals surface area contributed by atoms with Crippen molar-refractivity contribution < 1.29 is 52.9 Å². The highest BCUT2D eigenvalue weighted by Crippen LogP contribution is 2.35. The Labute approximate surface area is 168 Å². The molecule has 0 spiro atoms. The first kappa shape index (κ1) is 23.7. The summed E-state index contributed by atoms with van der Waals surface area (Å²) in [7, 11) is -1.65. The van der Waals surface area contributed by atoms with Gasteiger partial charge in [-0.25, -0.2) is 9.59 Å². The van der Waals surface area contributed by atoms with Crippen molar-refractivity contribution in [2.75, 3.05) is 19.6 Å². The number of aliphatic carboxylic acids is 1. The zero-order valence-corrected chi connectivity index (χ0v) is 15.5. The summed E-state index contributed by atoms with van der Waals surface area (Å²) >= 11 is 0. The maximum atomic E-state index is 13.0. The molecule has 0 bridgehead atoms. The molecule has 1 heterocycles. The summed E-state index contributed by atoms with van der Waals surface area (Å²) in [5, 5.41) is 46.2. The molecule has 0 saturated carbocycles. The highest BCUT2D eigenvalue weighted by atomic mass is 19.4. The number of alkyl halides is 3. The van der Waals surface area contributed by atoms with E-state index < -0.39 is 54.7 Å². The Morgan fingerprint density at radius 3 is 2.30 bits per heavy atom. The van der Waals surface area contributed by atoms with Gasteiger partial charge in [0, 0.05) is 19.6 Å². The third kappa shape index (κ3) is 4.95. The van der Waals surface area contributed by atoms with Crippen LogP contribution in [0.4, 0.5) is 13.2 Å². The van der Waals surface area contributed by atoms with E-state index in [2.05, 4.69) is 0 Å². The fourth-order valence-electron chi connectivity index (χ4n) is 2.94. The number of carboxylic acid groups (broad SMARTS) is 2. The topological polar surface area (TPSA) is 174 Å². The van der Waals surface area contributed by atoms with E-state index in [1.807, 2.05) is 0 Å². The van der Waals surface area contributed by atoms with Crippen LogP contribution in [0, 0.1) is 0 Å². The van der Waals surface area contributed by atoms with Gasteiger partial charge in [-0.2, -0.15) is 13.2 Å². The number of likely N-dealkylation sites (tertiary alicyclic amines) is 1. The summed E-state index contributed by atoms with van der Waals surface area (Å²) in [5.74, 6) is -4.60. The van der Waals surface area contributed by atoms with E-state index >= 15 is 0 Å². The van der Waals surface area contributed by atoms with Gasteiger partial charge < -0.3 is 35.8 Å². The summed E-state index contributed by atoms with van der Waals surface area (Å²) in [6, 6.07) is 2.57. The van der Waals surface area contributed by atoms with Crippen LogP contribution in [-0.2, 0) is 11.2 Å². The van der Waals surface area contributed by atoms with Crippen molar-refractivity contribution in [3.8, 4) is 11.5 Å². The molecule has 7 N–H and O–H groups in total. The van der Waals surface area contributed by atoms with Gasteiger partial charge >= 0.3 is 25.2 Å². The highest BCUT2D eigenvalue weighted by Gasteiger charge is 2.59. The molecule has 30 heavy (non-hydrogen) atoms. The van der Waals surface area contributed by atoms with Gasteiger partial charge in [0.2, 0.25) is 5.54 Å². The molecule has 0 aromatic heterocycles. The standard InChI is InChI=1S/C16H20BF3N2O8/c18-16(19,20)15(21,14(26)27)7-22-5-9(6-22)30-10-2-1-8(3-4-17(28)29)12(23)11(10)13(24)25/h1-2,9,23,28-29H,3-7,21H2,(H,24,25)(H,26,27). The maximum absolute atomic E-state index is 13.0. The van der Waals surface area contributed by atoms with Gasteiger partial charge in [0.1, 0.15) is 23.2 Å². The Bertz CT molecular complexity index is 816. The molecule has 1 fully saturated rings. The van der Waals surface area contributed by atoms with Crippen LogP contribution in [0.2, 0.25) is 6.32 Å². The van der Waals surface area contributed by atoms with Crippen molar-refractivity contribution in [3.63, 3.8) is 0 Å². The lowest BCUT2D eigenvalue weighted by Crippen LogP contribution is -2.69. The molecule has 2 rings (SSSR count). The van der Waals surface area contributed by atoms with Gasteiger partial charge in [0.05, 0.1) is 0 Å². The van der Waals surface area contributed by atoms with E-state index in [-0.39, 0.29) is 37.1 Å². The average molecular weight is 436 g/mol. The third-order valence-electron chi connectivity index (χ3n) is 4.69. The molecule has 0 radical (unpaired) electrons. The summed E-state index contributed by atoms with van der Waals surface area (Å²) < 4.78 is 44.3. The molecule has 1 aromatic rings. The van der Waals surface area contributed by atoms with Crippen LogP contribution in [-0.4, -0.2) is 86.8 Å². The Morgan fingerprint density at radius 1 is 1.23 bits per heavy atom. The number of carboxylic acids is 2. The number of aromatic carboxylic acids is 1. The minimum Gasteiger partial charge on any atom is -0.507 e. The van der Waals surface area contributed by atoms with Crippen molar-refractivity contribution in [2.24, 2.45) is 5.73 Å². The second kappa shape index (κ2) is 8.67. The minimum atomic E-state index is -5.18. The van der Waals surface area contributed by atoms with Crippen molar-refractivity contribution in [1.29, 1.82) is 0 Å². The quantitative estimate of drug-likeness (QED) is 0.277. The number of nitrogens with zero attached hydrogens (tertiary/aromatic N) is 1. The van der Waals surface area contributed by atoms with E-state index in [0.717, 1.165) is 4.90 Å². The average Bonchev–Trinajstić information content (AvgIpc) is 2.57. The van der Waals surface area contributed by atoms with Crippen LogP contribution in [0.3, 0.4) is 0 Å². The minimum absolute atomic E-state index is 0.0213. The molecular formula is C16H20BF3N2O8. The highest BCUT2D eigenvalue weighted by molar-refractivity contribution is 6.41. The van der Waals surface area contributed by atoms with Crippen molar-refractivity contribution in [3.05, 3.63) is 23.3 Å². The molecule has 1 saturated heterocycles. The molecule has 14 heteroatoms. The smallest absolute Gasteiger partial charge is 0.451 e. The second-order valence-corrected chi connectivity index (χ2v) is 6.98. The van der Waals surface area contributed by atoms with Crippen molar-refractivity contribution >= 4 is 19.1 Å². The molecule has 1 atom stereocenters.